The highest BCUT2D eigenvalue weighted by atomic mass is 16.4. The fraction of sp³-hybridized carbons (Fsp3) is 0.308. The third kappa shape index (κ3) is 2.41. The molecule has 0 atom stereocenters. The van der Waals surface area contributed by atoms with Crippen LogP contribution in [0.2, 0.25) is 0 Å². The van der Waals surface area contributed by atoms with Crippen molar-refractivity contribution in [2.24, 2.45) is 0 Å². The molecule has 17 heavy (non-hydrogen) atoms. The van der Waals surface area contributed by atoms with Gasteiger partial charge in [0.15, 0.2) is 0 Å². The summed E-state index contributed by atoms with van der Waals surface area (Å²) in [7, 11) is 0. The molecule has 0 bridgehead atoms. The lowest BCUT2D eigenvalue weighted by molar-refractivity contribution is -0.138. The number of benzene rings is 1. The lowest BCUT2D eigenvalue weighted by Gasteiger charge is -2.23. The van der Waals surface area contributed by atoms with Crippen LogP contribution in [0, 0.1) is 0 Å². The standard InChI is InChI=1S/C13H14N2O2/c1-13(2,8-12(16)17)9-3-4-10-11(7-9)15-6-5-14-10/h3-7H,8H2,1-2H3,(H,16,17). The first-order valence-electron chi connectivity index (χ1n) is 5.42. The molecule has 0 unspecified atom stereocenters. The molecule has 1 aromatic heterocycles. The Morgan fingerprint density at radius 1 is 1.24 bits per heavy atom. The van der Waals surface area contributed by atoms with Crippen LogP contribution in [0.15, 0.2) is 30.6 Å². The van der Waals surface area contributed by atoms with Crippen molar-refractivity contribution >= 4 is 17.0 Å². The summed E-state index contributed by atoms with van der Waals surface area (Å²) in [6.45, 7) is 3.83. The molecule has 0 spiro atoms. The van der Waals surface area contributed by atoms with Gasteiger partial charge in [-0.15, -0.1) is 0 Å². The molecule has 0 aliphatic rings. The molecule has 0 fully saturated rings. The molecule has 2 aromatic rings. The van der Waals surface area contributed by atoms with Crippen LogP contribution in [0.1, 0.15) is 25.8 Å². The summed E-state index contributed by atoms with van der Waals surface area (Å²) in [5, 5.41) is 8.90. The highest BCUT2D eigenvalue weighted by molar-refractivity contribution is 5.75. The van der Waals surface area contributed by atoms with E-state index in [4.69, 9.17) is 5.11 Å². The summed E-state index contributed by atoms with van der Waals surface area (Å²) in [6.07, 6.45) is 3.37. The van der Waals surface area contributed by atoms with E-state index in [2.05, 4.69) is 9.97 Å². The van der Waals surface area contributed by atoms with E-state index in [9.17, 15) is 4.79 Å². The van der Waals surface area contributed by atoms with Gasteiger partial charge in [-0.2, -0.15) is 0 Å². The second-order valence-corrected chi connectivity index (χ2v) is 4.71. The number of aliphatic carboxylic acids is 1. The van der Waals surface area contributed by atoms with Gasteiger partial charge in [0, 0.05) is 17.8 Å². The maximum Gasteiger partial charge on any atom is 0.304 e. The lowest BCUT2D eigenvalue weighted by atomic mass is 9.81. The molecule has 0 aliphatic carbocycles. The Kier molecular flexibility index (Phi) is 2.79. The van der Waals surface area contributed by atoms with Crippen molar-refractivity contribution in [3.8, 4) is 0 Å². The highest BCUT2D eigenvalue weighted by Crippen LogP contribution is 2.28. The van der Waals surface area contributed by atoms with Gasteiger partial charge in [-0.3, -0.25) is 14.8 Å². The molecule has 2 rings (SSSR count). The molecular formula is C13H14N2O2. The van der Waals surface area contributed by atoms with E-state index in [0.29, 0.717) is 0 Å². The van der Waals surface area contributed by atoms with Crippen molar-refractivity contribution in [3.05, 3.63) is 36.2 Å². The Morgan fingerprint density at radius 2 is 1.88 bits per heavy atom. The van der Waals surface area contributed by atoms with Crippen molar-refractivity contribution in [2.45, 2.75) is 25.7 Å². The minimum Gasteiger partial charge on any atom is -0.481 e. The Hall–Kier alpha value is -1.97. The number of nitrogens with zero attached hydrogens (tertiary/aromatic N) is 2. The summed E-state index contributed by atoms with van der Waals surface area (Å²) in [4.78, 5) is 19.2. The molecule has 1 aromatic carbocycles. The van der Waals surface area contributed by atoms with E-state index in [1.807, 2.05) is 32.0 Å². The number of aromatic nitrogens is 2. The average Bonchev–Trinajstić information content (AvgIpc) is 2.26. The monoisotopic (exact) mass is 230 g/mol. The highest BCUT2D eigenvalue weighted by Gasteiger charge is 2.24. The summed E-state index contributed by atoms with van der Waals surface area (Å²) in [5.74, 6) is -0.797. The first-order chi connectivity index (χ1) is 7.99. The topological polar surface area (TPSA) is 63.1 Å². The maximum absolute atomic E-state index is 10.8. The van der Waals surface area contributed by atoms with Gasteiger partial charge < -0.3 is 5.11 Å². The Labute approximate surface area is 99.3 Å². The number of rotatable bonds is 3. The number of hydrogen-bond acceptors (Lipinski definition) is 3. The van der Waals surface area contributed by atoms with Crippen LogP contribution in [-0.4, -0.2) is 21.0 Å². The quantitative estimate of drug-likeness (QED) is 0.879. The van der Waals surface area contributed by atoms with Gasteiger partial charge in [-0.05, 0) is 17.7 Å². The van der Waals surface area contributed by atoms with Crippen LogP contribution >= 0.6 is 0 Å². The molecule has 0 saturated carbocycles. The van der Waals surface area contributed by atoms with Gasteiger partial charge in [0.05, 0.1) is 17.5 Å². The number of fused-ring (bicyclic) bond motifs is 1. The Balaban J connectivity index is 2.45. The van der Waals surface area contributed by atoms with Crippen molar-refractivity contribution in [2.75, 3.05) is 0 Å². The van der Waals surface area contributed by atoms with E-state index >= 15 is 0 Å². The number of carbonyl (C=O) groups is 1. The van der Waals surface area contributed by atoms with Gasteiger partial charge in [0.25, 0.3) is 0 Å². The average molecular weight is 230 g/mol. The van der Waals surface area contributed by atoms with Crippen LogP contribution < -0.4 is 0 Å². The molecule has 4 heteroatoms. The predicted molar refractivity (Wildman–Crippen MR) is 64.8 cm³/mol. The molecule has 0 amide bonds. The van der Waals surface area contributed by atoms with E-state index < -0.39 is 11.4 Å². The zero-order chi connectivity index (χ0) is 12.5. The van der Waals surface area contributed by atoms with E-state index in [1.54, 1.807) is 12.4 Å². The zero-order valence-corrected chi connectivity index (χ0v) is 9.84. The van der Waals surface area contributed by atoms with Crippen LogP contribution in [-0.2, 0) is 10.2 Å². The maximum atomic E-state index is 10.8. The largest absolute Gasteiger partial charge is 0.481 e. The molecule has 1 heterocycles. The minimum atomic E-state index is -0.797. The third-order valence-corrected chi connectivity index (χ3v) is 2.84. The van der Waals surface area contributed by atoms with Crippen LogP contribution in [0.4, 0.5) is 0 Å². The van der Waals surface area contributed by atoms with E-state index in [0.717, 1.165) is 16.6 Å². The number of hydrogen-bond donors (Lipinski definition) is 1. The normalized spacial score (nSPS) is 11.6. The zero-order valence-electron chi connectivity index (χ0n) is 9.84. The molecule has 0 aliphatic heterocycles. The number of carboxylic acids is 1. The SMILES string of the molecule is CC(C)(CC(=O)O)c1ccc2nccnc2c1. The third-order valence-electron chi connectivity index (χ3n) is 2.84. The van der Waals surface area contributed by atoms with Crippen molar-refractivity contribution in [3.63, 3.8) is 0 Å². The molecule has 0 saturated heterocycles. The first-order valence-corrected chi connectivity index (χ1v) is 5.42. The molecule has 1 N–H and O–H groups in total. The van der Waals surface area contributed by atoms with Crippen LogP contribution in [0.25, 0.3) is 11.0 Å². The molecule has 4 nitrogen and oxygen atoms in total. The van der Waals surface area contributed by atoms with Crippen molar-refractivity contribution in [1.82, 2.24) is 9.97 Å². The van der Waals surface area contributed by atoms with Crippen LogP contribution in [0.3, 0.4) is 0 Å². The second-order valence-electron chi connectivity index (χ2n) is 4.71. The van der Waals surface area contributed by atoms with Gasteiger partial charge in [0.2, 0.25) is 0 Å². The molecular weight excluding hydrogens is 216 g/mol. The van der Waals surface area contributed by atoms with Crippen molar-refractivity contribution in [1.29, 1.82) is 0 Å². The fourth-order valence-corrected chi connectivity index (χ4v) is 1.86. The van der Waals surface area contributed by atoms with E-state index in [-0.39, 0.29) is 6.42 Å². The molecule has 0 radical (unpaired) electrons. The molecule has 88 valence electrons. The second kappa shape index (κ2) is 4.13. The summed E-state index contributed by atoms with van der Waals surface area (Å²) >= 11 is 0. The van der Waals surface area contributed by atoms with Gasteiger partial charge >= 0.3 is 5.97 Å². The fourth-order valence-electron chi connectivity index (χ4n) is 1.86. The van der Waals surface area contributed by atoms with Gasteiger partial charge in [-0.1, -0.05) is 19.9 Å². The minimum absolute atomic E-state index is 0.0960. The Bertz CT molecular complexity index is 564. The van der Waals surface area contributed by atoms with Gasteiger partial charge in [0.1, 0.15) is 0 Å². The van der Waals surface area contributed by atoms with E-state index in [1.165, 1.54) is 0 Å². The smallest absolute Gasteiger partial charge is 0.304 e. The summed E-state index contributed by atoms with van der Waals surface area (Å²) < 4.78 is 0. The lowest BCUT2D eigenvalue weighted by Crippen LogP contribution is -2.21. The Morgan fingerprint density at radius 3 is 2.53 bits per heavy atom. The summed E-state index contributed by atoms with van der Waals surface area (Å²) in [6, 6.07) is 5.70. The number of carboxylic acid groups (broad SMARTS) is 1. The summed E-state index contributed by atoms with van der Waals surface area (Å²) in [5.41, 5.74) is 2.18. The van der Waals surface area contributed by atoms with Crippen molar-refractivity contribution < 1.29 is 9.90 Å². The predicted octanol–water partition coefficient (Wildman–Crippen LogP) is 2.38. The van der Waals surface area contributed by atoms with Gasteiger partial charge in [-0.25, -0.2) is 0 Å². The first kappa shape index (κ1) is 11.5. The van der Waals surface area contributed by atoms with Crippen LogP contribution in [0.5, 0.6) is 0 Å².